The van der Waals surface area contributed by atoms with E-state index in [0.717, 1.165) is 25.5 Å². The van der Waals surface area contributed by atoms with Crippen LogP contribution in [0.3, 0.4) is 0 Å². The minimum absolute atomic E-state index is 0.0553. The van der Waals surface area contributed by atoms with Gasteiger partial charge in [0.15, 0.2) is 5.82 Å². The maximum Gasteiger partial charge on any atom is 0.318 e. The van der Waals surface area contributed by atoms with Crippen molar-refractivity contribution < 1.29 is 4.74 Å². The Hall–Kier alpha value is -1.07. The number of piperazine rings is 1. The molecule has 0 amide bonds. The predicted octanol–water partition coefficient (Wildman–Crippen LogP) is 1.33. The molecule has 0 bridgehead atoms. The molecule has 1 aromatic rings. The van der Waals surface area contributed by atoms with Crippen LogP contribution in [0.4, 0.5) is 5.82 Å². The minimum Gasteiger partial charge on any atom is -0.467 e. The van der Waals surface area contributed by atoms with Gasteiger partial charge in [0.1, 0.15) is 5.02 Å². The lowest BCUT2D eigenvalue weighted by Gasteiger charge is -2.39. The minimum atomic E-state index is 0.0553. The van der Waals surface area contributed by atoms with Gasteiger partial charge in [0, 0.05) is 25.2 Å². The number of halogens is 1. The molecule has 0 aromatic carbocycles. The Morgan fingerprint density at radius 2 is 2.29 bits per heavy atom. The fraction of sp³-hybridized carbons (Fsp3) is 0.636. The van der Waals surface area contributed by atoms with E-state index in [2.05, 4.69) is 34.0 Å². The van der Waals surface area contributed by atoms with Gasteiger partial charge in [0.2, 0.25) is 0 Å². The van der Waals surface area contributed by atoms with Crippen molar-refractivity contribution in [3.05, 3.63) is 11.2 Å². The molecule has 0 radical (unpaired) electrons. The summed E-state index contributed by atoms with van der Waals surface area (Å²) in [4.78, 5) is 10.4. The van der Waals surface area contributed by atoms with Crippen molar-refractivity contribution in [3.8, 4) is 6.01 Å². The quantitative estimate of drug-likeness (QED) is 0.865. The normalized spacial score (nSPS) is 19.2. The Kier molecular flexibility index (Phi) is 3.40. The maximum absolute atomic E-state index is 6.14. The first-order valence-electron chi connectivity index (χ1n) is 5.58. The van der Waals surface area contributed by atoms with Crippen LogP contribution in [-0.4, -0.2) is 42.3 Å². The molecule has 1 aliphatic heterocycles. The monoisotopic (exact) mass is 256 g/mol. The third-order valence-corrected chi connectivity index (χ3v) is 3.02. The summed E-state index contributed by atoms with van der Waals surface area (Å²) >= 11 is 6.14. The van der Waals surface area contributed by atoms with Crippen LogP contribution >= 0.6 is 11.6 Å². The number of anilines is 1. The zero-order valence-corrected chi connectivity index (χ0v) is 11.1. The van der Waals surface area contributed by atoms with Crippen LogP contribution in [0.25, 0.3) is 0 Å². The van der Waals surface area contributed by atoms with Crippen molar-refractivity contribution in [1.29, 1.82) is 0 Å². The second kappa shape index (κ2) is 4.66. The summed E-state index contributed by atoms with van der Waals surface area (Å²) in [5.74, 6) is 0.744. The summed E-state index contributed by atoms with van der Waals surface area (Å²) in [6.07, 6.45) is 1.58. The summed E-state index contributed by atoms with van der Waals surface area (Å²) in [5.41, 5.74) is 0.0553. The first-order chi connectivity index (χ1) is 8.02. The average Bonchev–Trinajstić information content (AvgIpc) is 2.28. The number of nitrogens with zero attached hydrogens (tertiary/aromatic N) is 3. The number of nitrogens with one attached hydrogen (secondary N) is 1. The van der Waals surface area contributed by atoms with Crippen LogP contribution in [0, 0.1) is 0 Å². The summed E-state index contributed by atoms with van der Waals surface area (Å²) in [5, 5.41) is 4.01. The fourth-order valence-corrected chi connectivity index (χ4v) is 2.20. The van der Waals surface area contributed by atoms with Crippen LogP contribution < -0.4 is 15.0 Å². The van der Waals surface area contributed by atoms with Gasteiger partial charge in [0.05, 0.1) is 13.3 Å². The Bertz CT molecular complexity index is 410. The summed E-state index contributed by atoms with van der Waals surface area (Å²) < 4.78 is 5.03. The van der Waals surface area contributed by atoms with E-state index < -0.39 is 0 Å². The van der Waals surface area contributed by atoms with E-state index >= 15 is 0 Å². The van der Waals surface area contributed by atoms with Gasteiger partial charge in [-0.2, -0.15) is 4.98 Å². The van der Waals surface area contributed by atoms with E-state index in [1.54, 1.807) is 13.3 Å². The summed E-state index contributed by atoms with van der Waals surface area (Å²) in [6, 6.07) is 0.348. The van der Waals surface area contributed by atoms with E-state index in [1.807, 2.05) is 0 Å². The van der Waals surface area contributed by atoms with Gasteiger partial charge in [-0.25, -0.2) is 4.98 Å². The van der Waals surface area contributed by atoms with Crippen LogP contribution in [0.5, 0.6) is 6.01 Å². The average molecular weight is 257 g/mol. The highest BCUT2D eigenvalue weighted by Gasteiger charge is 2.27. The highest BCUT2D eigenvalue weighted by Crippen LogP contribution is 2.26. The van der Waals surface area contributed by atoms with E-state index in [1.165, 1.54) is 0 Å². The van der Waals surface area contributed by atoms with Gasteiger partial charge in [-0.1, -0.05) is 11.6 Å². The Labute approximate surface area is 106 Å². The van der Waals surface area contributed by atoms with Crippen molar-refractivity contribution >= 4 is 17.4 Å². The number of rotatable bonds is 2. The SMILES string of the molecule is COc1ncc(Cl)c(N2CCNC(C)(C)C2)n1. The zero-order valence-electron chi connectivity index (χ0n) is 10.3. The van der Waals surface area contributed by atoms with Crippen molar-refractivity contribution in [2.24, 2.45) is 0 Å². The van der Waals surface area contributed by atoms with E-state index in [4.69, 9.17) is 16.3 Å². The molecule has 1 aromatic heterocycles. The first-order valence-corrected chi connectivity index (χ1v) is 5.96. The lowest BCUT2D eigenvalue weighted by atomic mass is 10.0. The molecular weight excluding hydrogens is 240 g/mol. The molecule has 1 N–H and O–H groups in total. The highest BCUT2D eigenvalue weighted by molar-refractivity contribution is 6.32. The largest absolute Gasteiger partial charge is 0.467 e. The number of hydrogen-bond acceptors (Lipinski definition) is 5. The Morgan fingerprint density at radius 1 is 1.53 bits per heavy atom. The number of methoxy groups -OCH3 is 1. The van der Waals surface area contributed by atoms with Crippen molar-refractivity contribution in [1.82, 2.24) is 15.3 Å². The maximum atomic E-state index is 6.14. The second-order valence-electron chi connectivity index (χ2n) is 4.76. The highest BCUT2D eigenvalue weighted by atomic mass is 35.5. The molecule has 94 valence electrons. The molecule has 0 aliphatic carbocycles. The molecule has 5 nitrogen and oxygen atoms in total. The molecule has 0 saturated carbocycles. The Balaban J connectivity index is 2.26. The standard InChI is InChI=1S/C11H17ClN4O/c1-11(2)7-16(5-4-14-11)9-8(12)6-13-10(15-9)17-3/h6,14H,4-5,7H2,1-3H3. The lowest BCUT2D eigenvalue weighted by Crippen LogP contribution is -2.57. The summed E-state index contributed by atoms with van der Waals surface area (Å²) in [7, 11) is 1.55. The van der Waals surface area contributed by atoms with Crippen LogP contribution in [0.15, 0.2) is 6.20 Å². The van der Waals surface area contributed by atoms with Crippen molar-refractivity contribution in [2.45, 2.75) is 19.4 Å². The van der Waals surface area contributed by atoms with Gasteiger partial charge in [-0.3, -0.25) is 0 Å². The lowest BCUT2D eigenvalue weighted by molar-refractivity contribution is 0.348. The second-order valence-corrected chi connectivity index (χ2v) is 5.17. The smallest absolute Gasteiger partial charge is 0.318 e. The molecule has 2 rings (SSSR count). The van der Waals surface area contributed by atoms with Gasteiger partial charge >= 0.3 is 6.01 Å². The molecule has 0 unspecified atom stereocenters. The molecule has 0 spiro atoms. The van der Waals surface area contributed by atoms with Gasteiger partial charge in [0.25, 0.3) is 0 Å². The fourth-order valence-electron chi connectivity index (χ4n) is 1.98. The van der Waals surface area contributed by atoms with Crippen LogP contribution in [0.1, 0.15) is 13.8 Å². The predicted molar refractivity (Wildman–Crippen MR) is 67.9 cm³/mol. The summed E-state index contributed by atoms with van der Waals surface area (Å²) in [6.45, 7) is 6.96. The van der Waals surface area contributed by atoms with E-state index in [9.17, 15) is 0 Å². The molecule has 6 heteroatoms. The molecule has 1 aliphatic rings. The zero-order chi connectivity index (χ0) is 12.5. The Morgan fingerprint density at radius 3 is 2.94 bits per heavy atom. The topological polar surface area (TPSA) is 50.3 Å². The molecule has 1 saturated heterocycles. The molecular formula is C11H17ClN4O. The molecule has 1 fully saturated rings. The third kappa shape index (κ3) is 2.79. The molecule has 17 heavy (non-hydrogen) atoms. The van der Waals surface area contributed by atoms with Gasteiger partial charge in [-0.05, 0) is 13.8 Å². The van der Waals surface area contributed by atoms with Crippen LogP contribution in [-0.2, 0) is 0 Å². The van der Waals surface area contributed by atoms with E-state index in [-0.39, 0.29) is 5.54 Å². The molecule has 0 atom stereocenters. The van der Waals surface area contributed by atoms with Crippen molar-refractivity contribution in [3.63, 3.8) is 0 Å². The number of ether oxygens (including phenoxy) is 1. The first kappa shape index (κ1) is 12.4. The van der Waals surface area contributed by atoms with Crippen molar-refractivity contribution in [2.75, 3.05) is 31.6 Å². The van der Waals surface area contributed by atoms with Gasteiger partial charge in [-0.15, -0.1) is 0 Å². The van der Waals surface area contributed by atoms with Gasteiger partial charge < -0.3 is 15.0 Å². The third-order valence-electron chi connectivity index (χ3n) is 2.76. The van der Waals surface area contributed by atoms with Crippen LogP contribution in [0.2, 0.25) is 5.02 Å². The molecule has 2 heterocycles. The van der Waals surface area contributed by atoms with E-state index in [0.29, 0.717) is 11.0 Å². The number of aromatic nitrogens is 2. The number of hydrogen-bond donors (Lipinski definition) is 1.